The average Bonchev–Trinajstić information content (AvgIpc) is 3.22. The van der Waals surface area contributed by atoms with Crippen LogP contribution in [0.15, 0.2) is 11.6 Å². The standard InChI is InChI=1S/C24H32O3/c1-2-23-8-5-16-17-4-3-15(25)13-20(17)22(11-12-22)14-18(16)19(23)6-9-24(23)10-7-21(26)27-24/h13,16-19H,2-12,14H2,1H3/t16?,17-,18?,19?,23+,24-/m1/s1. The maximum atomic E-state index is 12.1. The monoisotopic (exact) mass is 368 g/mol. The van der Waals surface area contributed by atoms with Crippen LogP contribution in [0.3, 0.4) is 0 Å². The second-order valence-electron chi connectivity index (χ2n) is 10.7. The molecule has 27 heavy (non-hydrogen) atoms. The summed E-state index contributed by atoms with van der Waals surface area (Å²) in [6.07, 6.45) is 15.5. The number of carbonyl (C=O) groups excluding carboxylic acids is 2. The number of ether oxygens (including phenoxy) is 1. The summed E-state index contributed by atoms with van der Waals surface area (Å²) >= 11 is 0. The predicted octanol–water partition coefficient (Wildman–Crippen LogP) is 4.98. The number of ketones is 1. The largest absolute Gasteiger partial charge is 0.458 e. The third kappa shape index (κ3) is 1.99. The van der Waals surface area contributed by atoms with E-state index in [4.69, 9.17) is 4.74 Å². The van der Waals surface area contributed by atoms with E-state index < -0.39 is 0 Å². The Balaban J connectivity index is 1.39. The molecule has 146 valence electrons. The fraction of sp³-hybridized carbons (Fsp3) is 0.833. The molecule has 0 aromatic carbocycles. The Morgan fingerprint density at radius 3 is 2.56 bits per heavy atom. The van der Waals surface area contributed by atoms with E-state index in [0.29, 0.717) is 23.5 Å². The number of allylic oxidation sites excluding steroid dienone is 1. The topological polar surface area (TPSA) is 43.4 Å². The van der Waals surface area contributed by atoms with Crippen LogP contribution in [-0.4, -0.2) is 17.4 Å². The van der Waals surface area contributed by atoms with Gasteiger partial charge in [-0.3, -0.25) is 9.59 Å². The SMILES string of the molecule is CC[C@]12CCC3C(CC4(CC4)C4=CC(=O)CC[C@@H]43)C1CC[C@@]21CCC(=O)O1. The Morgan fingerprint density at radius 1 is 1.00 bits per heavy atom. The van der Waals surface area contributed by atoms with Crippen LogP contribution in [0.25, 0.3) is 0 Å². The summed E-state index contributed by atoms with van der Waals surface area (Å²) in [5.74, 6) is 3.37. The molecule has 3 unspecified atom stereocenters. The highest BCUT2D eigenvalue weighted by Crippen LogP contribution is 2.74. The Kier molecular flexibility index (Phi) is 3.28. The molecule has 0 radical (unpaired) electrons. The van der Waals surface area contributed by atoms with Gasteiger partial charge in [0.2, 0.25) is 0 Å². The lowest BCUT2D eigenvalue weighted by Gasteiger charge is -2.58. The zero-order valence-electron chi connectivity index (χ0n) is 16.6. The molecule has 0 amide bonds. The first-order valence-electron chi connectivity index (χ1n) is 11.5. The minimum absolute atomic E-state index is 0.0453. The van der Waals surface area contributed by atoms with E-state index in [0.717, 1.165) is 49.9 Å². The van der Waals surface area contributed by atoms with Gasteiger partial charge in [0.25, 0.3) is 0 Å². The lowest BCUT2D eigenvalue weighted by Crippen LogP contribution is -2.55. The molecule has 3 heteroatoms. The molecule has 4 saturated carbocycles. The van der Waals surface area contributed by atoms with Crippen molar-refractivity contribution < 1.29 is 14.3 Å². The molecule has 5 aliphatic carbocycles. The van der Waals surface area contributed by atoms with Crippen molar-refractivity contribution >= 4 is 11.8 Å². The molecule has 1 aliphatic heterocycles. The van der Waals surface area contributed by atoms with E-state index in [2.05, 4.69) is 13.0 Å². The van der Waals surface area contributed by atoms with Gasteiger partial charge >= 0.3 is 5.97 Å². The van der Waals surface area contributed by atoms with Crippen molar-refractivity contribution in [3.63, 3.8) is 0 Å². The molecule has 2 spiro atoms. The molecule has 1 heterocycles. The number of hydrogen-bond donors (Lipinski definition) is 0. The van der Waals surface area contributed by atoms with Gasteiger partial charge in [0.1, 0.15) is 5.60 Å². The van der Waals surface area contributed by atoms with Gasteiger partial charge in [-0.1, -0.05) is 12.5 Å². The van der Waals surface area contributed by atoms with Crippen LogP contribution in [0.4, 0.5) is 0 Å². The second-order valence-corrected chi connectivity index (χ2v) is 10.7. The van der Waals surface area contributed by atoms with Crippen molar-refractivity contribution in [3.8, 4) is 0 Å². The summed E-state index contributed by atoms with van der Waals surface area (Å²) in [5.41, 5.74) is 2.01. The highest BCUT2D eigenvalue weighted by Gasteiger charge is 2.69. The summed E-state index contributed by atoms with van der Waals surface area (Å²) in [5, 5.41) is 0. The van der Waals surface area contributed by atoms with Gasteiger partial charge in [-0.05, 0) is 99.4 Å². The lowest BCUT2D eigenvalue weighted by molar-refractivity contribution is -0.171. The number of fused-ring (bicyclic) bond motifs is 7. The normalized spacial score (nSPS) is 49.4. The fourth-order valence-electron chi connectivity index (χ4n) is 8.94. The molecule has 1 saturated heterocycles. The molecule has 0 N–H and O–H groups in total. The van der Waals surface area contributed by atoms with Crippen molar-refractivity contribution in [3.05, 3.63) is 11.6 Å². The highest BCUT2D eigenvalue weighted by molar-refractivity contribution is 5.91. The fourth-order valence-corrected chi connectivity index (χ4v) is 8.94. The molecule has 0 aromatic heterocycles. The minimum atomic E-state index is -0.149. The molecule has 3 nitrogen and oxygen atoms in total. The van der Waals surface area contributed by atoms with Crippen LogP contribution in [-0.2, 0) is 14.3 Å². The third-order valence-electron chi connectivity index (χ3n) is 10.2. The summed E-state index contributed by atoms with van der Waals surface area (Å²) in [6, 6.07) is 0. The van der Waals surface area contributed by atoms with Gasteiger partial charge in [0.15, 0.2) is 5.78 Å². The van der Waals surface area contributed by atoms with E-state index in [9.17, 15) is 9.59 Å². The van der Waals surface area contributed by atoms with Gasteiger partial charge in [0, 0.05) is 18.3 Å². The van der Waals surface area contributed by atoms with Crippen LogP contribution in [0.2, 0.25) is 0 Å². The quantitative estimate of drug-likeness (QED) is 0.613. The predicted molar refractivity (Wildman–Crippen MR) is 102 cm³/mol. The first-order valence-corrected chi connectivity index (χ1v) is 11.5. The second kappa shape index (κ2) is 5.27. The van der Waals surface area contributed by atoms with E-state index in [1.54, 1.807) is 5.57 Å². The lowest BCUT2D eigenvalue weighted by atomic mass is 9.47. The number of carbonyl (C=O) groups is 2. The average molecular weight is 369 g/mol. The molecular formula is C24H32O3. The van der Waals surface area contributed by atoms with Crippen molar-refractivity contribution in [1.82, 2.24) is 0 Å². The van der Waals surface area contributed by atoms with E-state index in [1.165, 1.54) is 38.5 Å². The molecule has 6 rings (SSSR count). The molecule has 0 aromatic rings. The molecule has 5 fully saturated rings. The molecule has 6 atom stereocenters. The summed E-state index contributed by atoms with van der Waals surface area (Å²) < 4.78 is 6.15. The van der Waals surface area contributed by atoms with Crippen molar-refractivity contribution in [1.29, 1.82) is 0 Å². The molecular weight excluding hydrogens is 336 g/mol. The van der Waals surface area contributed by atoms with Gasteiger partial charge in [0.05, 0.1) is 0 Å². The first kappa shape index (κ1) is 16.8. The van der Waals surface area contributed by atoms with Crippen LogP contribution < -0.4 is 0 Å². The Labute approximate surface area is 162 Å². The van der Waals surface area contributed by atoms with E-state index in [1.807, 2.05) is 0 Å². The Morgan fingerprint density at radius 2 is 1.85 bits per heavy atom. The van der Waals surface area contributed by atoms with Gasteiger partial charge < -0.3 is 4.74 Å². The smallest absolute Gasteiger partial charge is 0.306 e. The van der Waals surface area contributed by atoms with E-state index in [-0.39, 0.29) is 17.0 Å². The minimum Gasteiger partial charge on any atom is -0.458 e. The van der Waals surface area contributed by atoms with Crippen molar-refractivity contribution in [2.45, 2.75) is 89.6 Å². The van der Waals surface area contributed by atoms with Crippen LogP contribution >= 0.6 is 0 Å². The number of esters is 1. The number of rotatable bonds is 1. The number of hydrogen-bond acceptors (Lipinski definition) is 3. The van der Waals surface area contributed by atoms with Gasteiger partial charge in [-0.25, -0.2) is 0 Å². The third-order valence-corrected chi connectivity index (χ3v) is 10.2. The zero-order valence-corrected chi connectivity index (χ0v) is 16.6. The van der Waals surface area contributed by atoms with Crippen molar-refractivity contribution in [2.24, 2.45) is 34.5 Å². The Hall–Kier alpha value is -1.12. The van der Waals surface area contributed by atoms with Gasteiger partial charge in [-0.2, -0.15) is 0 Å². The Bertz CT molecular complexity index is 747. The van der Waals surface area contributed by atoms with Crippen LogP contribution in [0.1, 0.15) is 84.0 Å². The summed E-state index contributed by atoms with van der Waals surface area (Å²) in [4.78, 5) is 24.2. The van der Waals surface area contributed by atoms with Gasteiger partial charge in [-0.15, -0.1) is 0 Å². The van der Waals surface area contributed by atoms with Crippen molar-refractivity contribution in [2.75, 3.05) is 0 Å². The maximum absolute atomic E-state index is 12.1. The maximum Gasteiger partial charge on any atom is 0.306 e. The zero-order chi connectivity index (χ0) is 18.4. The molecule has 6 aliphatic rings. The molecule has 0 bridgehead atoms. The first-order chi connectivity index (χ1) is 13.0. The highest BCUT2D eigenvalue weighted by atomic mass is 16.6. The van der Waals surface area contributed by atoms with Crippen LogP contribution in [0.5, 0.6) is 0 Å². The summed E-state index contributed by atoms with van der Waals surface area (Å²) in [6.45, 7) is 2.35. The van der Waals surface area contributed by atoms with Crippen LogP contribution in [0, 0.1) is 34.5 Å². The van der Waals surface area contributed by atoms with E-state index >= 15 is 0 Å². The summed E-state index contributed by atoms with van der Waals surface area (Å²) in [7, 11) is 0.